The lowest BCUT2D eigenvalue weighted by molar-refractivity contribution is 0.152. The van der Waals surface area contributed by atoms with Crippen LogP contribution in [0.15, 0.2) is 12.3 Å². The quantitative estimate of drug-likeness (QED) is 0.869. The van der Waals surface area contributed by atoms with E-state index >= 15 is 0 Å². The van der Waals surface area contributed by atoms with E-state index in [9.17, 15) is 0 Å². The van der Waals surface area contributed by atoms with Crippen molar-refractivity contribution in [3.05, 3.63) is 18.0 Å². The minimum atomic E-state index is 0.439. The number of hydrogen-bond acceptors (Lipinski definition) is 4. The lowest BCUT2D eigenvalue weighted by Gasteiger charge is -2.34. The molecule has 3 heterocycles. The molecule has 2 aliphatic rings. The van der Waals surface area contributed by atoms with Crippen LogP contribution in [0, 0.1) is 0 Å². The van der Waals surface area contributed by atoms with Crippen molar-refractivity contribution in [3.63, 3.8) is 0 Å². The van der Waals surface area contributed by atoms with Gasteiger partial charge in [0, 0.05) is 50.5 Å². The largest absolute Gasteiger partial charge is 0.328 e. The predicted molar refractivity (Wildman–Crippen MR) is 80.5 cm³/mol. The fraction of sp³-hybridized carbons (Fsp3) is 0.800. The molecule has 1 aromatic heterocycles. The van der Waals surface area contributed by atoms with E-state index in [1.165, 1.54) is 51.1 Å². The van der Waals surface area contributed by atoms with Gasteiger partial charge in [0.1, 0.15) is 0 Å². The Morgan fingerprint density at radius 2 is 2.05 bits per heavy atom. The van der Waals surface area contributed by atoms with Crippen molar-refractivity contribution < 1.29 is 0 Å². The molecule has 112 valence electrons. The first kappa shape index (κ1) is 14.0. The summed E-state index contributed by atoms with van der Waals surface area (Å²) in [5.74, 6) is 0. The third-order valence-corrected chi connectivity index (χ3v) is 4.94. The van der Waals surface area contributed by atoms with E-state index in [4.69, 9.17) is 5.73 Å². The molecule has 0 bridgehead atoms. The zero-order valence-corrected chi connectivity index (χ0v) is 12.5. The summed E-state index contributed by atoms with van der Waals surface area (Å²) < 4.78 is 1.99. The summed E-state index contributed by atoms with van der Waals surface area (Å²) in [6.45, 7) is 6.02. The van der Waals surface area contributed by atoms with Gasteiger partial charge in [-0.3, -0.25) is 9.58 Å². The minimum absolute atomic E-state index is 0.439. The van der Waals surface area contributed by atoms with E-state index in [-0.39, 0.29) is 0 Å². The molecule has 2 saturated heterocycles. The van der Waals surface area contributed by atoms with Crippen LogP contribution >= 0.6 is 0 Å². The molecule has 5 nitrogen and oxygen atoms in total. The first-order valence-corrected chi connectivity index (χ1v) is 7.91. The number of nitrogens with zero attached hydrogens (tertiary/aromatic N) is 4. The molecule has 1 unspecified atom stereocenters. The average Bonchev–Trinajstić information content (AvgIpc) is 3.06. The molecule has 0 amide bonds. The van der Waals surface area contributed by atoms with Crippen LogP contribution < -0.4 is 5.73 Å². The molecule has 0 saturated carbocycles. The second kappa shape index (κ2) is 6.24. The summed E-state index contributed by atoms with van der Waals surface area (Å²) in [7, 11) is 2.03. The fourth-order valence-electron chi connectivity index (χ4n) is 3.52. The Balaban J connectivity index is 1.44. The van der Waals surface area contributed by atoms with E-state index in [1.807, 2.05) is 17.9 Å². The molecule has 0 spiro atoms. The van der Waals surface area contributed by atoms with Crippen LogP contribution in [0.4, 0.5) is 0 Å². The highest BCUT2D eigenvalue weighted by Crippen LogP contribution is 2.20. The van der Waals surface area contributed by atoms with Gasteiger partial charge in [-0.2, -0.15) is 5.10 Å². The minimum Gasteiger partial charge on any atom is -0.328 e. The van der Waals surface area contributed by atoms with Crippen LogP contribution in [0.25, 0.3) is 0 Å². The molecule has 1 atom stereocenters. The van der Waals surface area contributed by atoms with Gasteiger partial charge in [-0.15, -0.1) is 0 Å². The summed E-state index contributed by atoms with van der Waals surface area (Å²) in [5, 5.41) is 4.24. The van der Waals surface area contributed by atoms with E-state index < -0.39 is 0 Å². The van der Waals surface area contributed by atoms with Gasteiger partial charge in [0.2, 0.25) is 0 Å². The fourth-order valence-corrected chi connectivity index (χ4v) is 3.52. The standard InChI is InChI=1S/C15H27N5/c1-18-14(2-7-17-18)5-8-19-9-6-15(12-19)20-10-3-13(16)4-11-20/h2,7,13,15H,3-6,8-12,16H2,1H3. The highest BCUT2D eigenvalue weighted by atomic mass is 15.3. The molecular weight excluding hydrogens is 250 g/mol. The number of likely N-dealkylation sites (tertiary alicyclic amines) is 2. The Morgan fingerprint density at radius 1 is 1.25 bits per heavy atom. The second-order valence-corrected chi connectivity index (χ2v) is 6.31. The number of aryl methyl sites for hydroxylation is 1. The van der Waals surface area contributed by atoms with Crippen LogP contribution in [0.5, 0.6) is 0 Å². The number of aromatic nitrogens is 2. The van der Waals surface area contributed by atoms with E-state index in [1.54, 1.807) is 0 Å². The van der Waals surface area contributed by atoms with Gasteiger partial charge in [-0.25, -0.2) is 0 Å². The van der Waals surface area contributed by atoms with Crippen LogP contribution in [0.3, 0.4) is 0 Å². The lowest BCUT2D eigenvalue weighted by Crippen LogP contribution is -2.46. The molecule has 5 heteroatoms. The van der Waals surface area contributed by atoms with Gasteiger partial charge in [0.05, 0.1) is 0 Å². The molecule has 0 aromatic carbocycles. The van der Waals surface area contributed by atoms with E-state index in [0.717, 1.165) is 19.0 Å². The Morgan fingerprint density at radius 3 is 2.75 bits per heavy atom. The molecule has 0 radical (unpaired) electrons. The molecular formula is C15H27N5. The molecule has 3 rings (SSSR count). The molecule has 2 N–H and O–H groups in total. The molecule has 1 aromatic rings. The summed E-state index contributed by atoms with van der Waals surface area (Å²) >= 11 is 0. The average molecular weight is 277 g/mol. The van der Waals surface area contributed by atoms with E-state index in [0.29, 0.717) is 6.04 Å². The molecule has 20 heavy (non-hydrogen) atoms. The van der Waals surface area contributed by atoms with Gasteiger partial charge < -0.3 is 10.6 Å². The zero-order valence-electron chi connectivity index (χ0n) is 12.5. The maximum Gasteiger partial charge on any atom is 0.0492 e. The first-order valence-electron chi connectivity index (χ1n) is 7.91. The first-order chi connectivity index (χ1) is 9.72. The van der Waals surface area contributed by atoms with Crippen LogP contribution in [0.1, 0.15) is 25.0 Å². The van der Waals surface area contributed by atoms with Crippen molar-refractivity contribution in [2.45, 2.75) is 37.8 Å². The number of nitrogens with two attached hydrogens (primary N) is 1. The Labute approximate surface area is 121 Å². The van der Waals surface area contributed by atoms with Crippen LogP contribution in [0.2, 0.25) is 0 Å². The normalized spacial score (nSPS) is 26.4. The van der Waals surface area contributed by atoms with Crippen molar-refractivity contribution in [1.82, 2.24) is 19.6 Å². The van der Waals surface area contributed by atoms with Gasteiger partial charge in [0.25, 0.3) is 0 Å². The van der Waals surface area contributed by atoms with Gasteiger partial charge in [-0.05, 0) is 45.0 Å². The summed E-state index contributed by atoms with van der Waals surface area (Å²) in [5.41, 5.74) is 7.32. The van der Waals surface area contributed by atoms with Crippen molar-refractivity contribution in [1.29, 1.82) is 0 Å². The second-order valence-electron chi connectivity index (χ2n) is 6.31. The maximum absolute atomic E-state index is 5.99. The van der Waals surface area contributed by atoms with Crippen LogP contribution in [-0.2, 0) is 13.5 Å². The Hall–Kier alpha value is -0.910. The van der Waals surface area contributed by atoms with Gasteiger partial charge >= 0.3 is 0 Å². The van der Waals surface area contributed by atoms with E-state index in [2.05, 4.69) is 21.0 Å². The van der Waals surface area contributed by atoms with Crippen LogP contribution in [-0.4, -0.2) is 64.4 Å². The molecule has 0 aliphatic carbocycles. The number of rotatable bonds is 4. The Bertz CT molecular complexity index is 422. The van der Waals surface area contributed by atoms with Crippen molar-refractivity contribution >= 4 is 0 Å². The monoisotopic (exact) mass is 277 g/mol. The van der Waals surface area contributed by atoms with Crippen molar-refractivity contribution in [2.24, 2.45) is 12.8 Å². The third-order valence-electron chi connectivity index (χ3n) is 4.94. The number of piperidine rings is 1. The van der Waals surface area contributed by atoms with Crippen molar-refractivity contribution in [2.75, 3.05) is 32.7 Å². The maximum atomic E-state index is 5.99. The number of hydrogen-bond donors (Lipinski definition) is 1. The van der Waals surface area contributed by atoms with Gasteiger partial charge in [0.15, 0.2) is 0 Å². The lowest BCUT2D eigenvalue weighted by atomic mass is 10.0. The highest BCUT2D eigenvalue weighted by Gasteiger charge is 2.29. The predicted octanol–water partition coefficient (Wildman–Crippen LogP) is 0.460. The Kier molecular flexibility index (Phi) is 4.38. The third kappa shape index (κ3) is 3.22. The topological polar surface area (TPSA) is 50.3 Å². The van der Waals surface area contributed by atoms with Crippen molar-refractivity contribution in [3.8, 4) is 0 Å². The zero-order chi connectivity index (χ0) is 13.9. The summed E-state index contributed by atoms with van der Waals surface area (Å²) in [4.78, 5) is 5.26. The molecule has 2 fully saturated rings. The smallest absolute Gasteiger partial charge is 0.0492 e. The molecule has 2 aliphatic heterocycles. The summed E-state index contributed by atoms with van der Waals surface area (Å²) in [6.07, 6.45) is 6.66. The van der Waals surface area contributed by atoms with Gasteiger partial charge in [-0.1, -0.05) is 0 Å². The SMILES string of the molecule is Cn1nccc1CCN1CCC(N2CCC(N)CC2)C1. The highest BCUT2D eigenvalue weighted by molar-refractivity contribution is 5.01. The summed E-state index contributed by atoms with van der Waals surface area (Å²) in [6, 6.07) is 3.32.